The molecular formula is C14H26N4S. The normalized spacial score (nSPS) is 22.9. The number of thiazole rings is 1. The number of piperazine rings is 1. The highest BCUT2D eigenvalue weighted by Gasteiger charge is 2.26. The van der Waals surface area contributed by atoms with E-state index >= 15 is 0 Å². The number of nitrogens with zero attached hydrogens (tertiary/aromatic N) is 3. The summed E-state index contributed by atoms with van der Waals surface area (Å²) in [6, 6.07) is 0.451. The Balaban J connectivity index is 1.99. The Morgan fingerprint density at radius 2 is 2.11 bits per heavy atom. The van der Waals surface area contributed by atoms with Gasteiger partial charge in [0.1, 0.15) is 5.01 Å². The minimum absolute atomic E-state index is 0.159. The van der Waals surface area contributed by atoms with E-state index in [1.165, 1.54) is 9.88 Å². The van der Waals surface area contributed by atoms with Gasteiger partial charge in [0.05, 0.1) is 6.04 Å². The van der Waals surface area contributed by atoms with E-state index in [1.807, 2.05) is 17.5 Å². The fourth-order valence-electron chi connectivity index (χ4n) is 2.19. The molecule has 1 N–H and O–H groups in total. The van der Waals surface area contributed by atoms with Crippen molar-refractivity contribution in [2.75, 3.05) is 33.7 Å². The van der Waals surface area contributed by atoms with Gasteiger partial charge in [0.2, 0.25) is 0 Å². The molecule has 1 aromatic rings. The second-order valence-electron chi connectivity index (χ2n) is 6.53. The number of likely N-dealkylation sites (N-methyl/N-ethyl adjacent to an activating group) is 2. The largest absolute Gasteiger partial charge is 0.307 e. The summed E-state index contributed by atoms with van der Waals surface area (Å²) in [6.07, 6.45) is 2.03. The van der Waals surface area contributed by atoms with Crippen molar-refractivity contribution in [1.82, 2.24) is 20.1 Å². The fraction of sp³-hybridized carbons (Fsp3) is 0.786. The summed E-state index contributed by atoms with van der Waals surface area (Å²) in [5.74, 6) is 0. The lowest BCUT2D eigenvalue weighted by molar-refractivity contribution is 0.115. The van der Waals surface area contributed by atoms with Crippen molar-refractivity contribution in [1.29, 1.82) is 0 Å². The van der Waals surface area contributed by atoms with E-state index in [2.05, 4.69) is 55.0 Å². The first-order valence-corrected chi connectivity index (χ1v) is 7.75. The molecule has 0 spiro atoms. The van der Waals surface area contributed by atoms with E-state index in [0.29, 0.717) is 6.04 Å². The van der Waals surface area contributed by atoms with Gasteiger partial charge in [0.25, 0.3) is 0 Å². The summed E-state index contributed by atoms with van der Waals surface area (Å²) in [7, 11) is 4.39. The van der Waals surface area contributed by atoms with E-state index in [1.54, 1.807) is 0 Å². The van der Waals surface area contributed by atoms with E-state index in [9.17, 15) is 0 Å². The molecule has 19 heavy (non-hydrogen) atoms. The molecule has 1 unspecified atom stereocenters. The Morgan fingerprint density at radius 3 is 2.79 bits per heavy atom. The van der Waals surface area contributed by atoms with Crippen molar-refractivity contribution >= 4 is 11.3 Å². The molecule has 0 saturated carbocycles. The van der Waals surface area contributed by atoms with E-state index in [0.717, 1.165) is 26.2 Å². The van der Waals surface area contributed by atoms with Crippen LogP contribution in [0.15, 0.2) is 6.20 Å². The Kier molecular flexibility index (Phi) is 4.61. The number of aromatic nitrogens is 1. The van der Waals surface area contributed by atoms with Crippen molar-refractivity contribution in [3.8, 4) is 0 Å². The number of nitrogens with one attached hydrogen (secondary N) is 1. The van der Waals surface area contributed by atoms with Crippen LogP contribution in [0, 0.1) is 0 Å². The number of hydrogen-bond donors (Lipinski definition) is 1. The van der Waals surface area contributed by atoms with Crippen LogP contribution in [0.2, 0.25) is 0 Å². The standard InChI is InChI=1S/C14H26N4S/c1-14(2,3)16-9-11-8-15-13(19-11)12-10-17(4)6-7-18(12)5/h8,12,16H,6-7,9-10H2,1-5H3. The average molecular weight is 282 g/mol. The van der Waals surface area contributed by atoms with Crippen LogP contribution in [0.3, 0.4) is 0 Å². The van der Waals surface area contributed by atoms with Gasteiger partial charge in [0.15, 0.2) is 0 Å². The van der Waals surface area contributed by atoms with Gasteiger partial charge in [-0.3, -0.25) is 4.90 Å². The van der Waals surface area contributed by atoms with Crippen LogP contribution < -0.4 is 5.32 Å². The van der Waals surface area contributed by atoms with Crippen LogP contribution in [0.1, 0.15) is 36.7 Å². The van der Waals surface area contributed by atoms with Crippen LogP contribution in [0.4, 0.5) is 0 Å². The lowest BCUT2D eigenvalue weighted by Gasteiger charge is -2.36. The van der Waals surface area contributed by atoms with E-state index in [4.69, 9.17) is 0 Å². The van der Waals surface area contributed by atoms with Gasteiger partial charge in [-0.05, 0) is 34.9 Å². The molecule has 2 heterocycles. The monoisotopic (exact) mass is 282 g/mol. The molecule has 1 saturated heterocycles. The lowest BCUT2D eigenvalue weighted by Crippen LogP contribution is -2.44. The van der Waals surface area contributed by atoms with Crippen LogP contribution in [-0.2, 0) is 6.54 Å². The van der Waals surface area contributed by atoms with Crippen LogP contribution in [-0.4, -0.2) is 54.1 Å². The summed E-state index contributed by atoms with van der Waals surface area (Å²) in [5.41, 5.74) is 0.159. The molecule has 1 aliphatic rings. The summed E-state index contributed by atoms with van der Waals surface area (Å²) in [6.45, 7) is 10.8. The molecule has 1 aromatic heterocycles. The van der Waals surface area contributed by atoms with Gasteiger partial charge in [0, 0.05) is 42.8 Å². The van der Waals surface area contributed by atoms with E-state index in [-0.39, 0.29) is 5.54 Å². The minimum Gasteiger partial charge on any atom is -0.307 e. The number of hydrogen-bond acceptors (Lipinski definition) is 5. The topological polar surface area (TPSA) is 31.4 Å². The van der Waals surface area contributed by atoms with Gasteiger partial charge < -0.3 is 10.2 Å². The fourth-order valence-corrected chi connectivity index (χ4v) is 3.20. The maximum atomic E-state index is 4.64. The molecule has 5 heteroatoms. The predicted molar refractivity (Wildman–Crippen MR) is 81.6 cm³/mol. The zero-order valence-corrected chi connectivity index (χ0v) is 13.5. The maximum Gasteiger partial charge on any atom is 0.111 e. The highest BCUT2D eigenvalue weighted by molar-refractivity contribution is 7.11. The van der Waals surface area contributed by atoms with Gasteiger partial charge in [-0.25, -0.2) is 4.98 Å². The Hall–Kier alpha value is -0.490. The summed E-state index contributed by atoms with van der Waals surface area (Å²) in [5, 5.41) is 4.77. The second-order valence-corrected chi connectivity index (χ2v) is 7.67. The molecule has 0 amide bonds. The van der Waals surface area contributed by atoms with Crippen molar-refractivity contribution in [3.05, 3.63) is 16.1 Å². The van der Waals surface area contributed by atoms with Crippen LogP contribution in [0.5, 0.6) is 0 Å². The van der Waals surface area contributed by atoms with Gasteiger partial charge in [-0.2, -0.15) is 0 Å². The van der Waals surface area contributed by atoms with Crippen molar-refractivity contribution in [2.45, 2.75) is 38.9 Å². The molecule has 0 aromatic carbocycles. The third-order valence-electron chi connectivity index (χ3n) is 3.50. The Bertz CT molecular complexity index is 410. The SMILES string of the molecule is CN1CCN(C)C(c2ncc(CNC(C)(C)C)s2)C1. The van der Waals surface area contributed by atoms with Crippen molar-refractivity contribution < 1.29 is 0 Å². The molecule has 1 fully saturated rings. The first kappa shape index (κ1) is 14.9. The molecular weight excluding hydrogens is 256 g/mol. The Labute approximate surface area is 120 Å². The van der Waals surface area contributed by atoms with E-state index < -0.39 is 0 Å². The molecule has 0 bridgehead atoms. The van der Waals surface area contributed by atoms with Crippen LogP contribution >= 0.6 is 11.3 Å². The second kappa shape index (κ2) is 5.87. The minimum atomic E-state index is 0.159. The molecule has 2 rings (SSSR count). The van der Waals surface area contributed by atoms with Crippen molar-refractivity contribution in [3.63, 3.8) is 0 Å². The zero-order valence-electron chi connectivity index (χ0n) is 12.7. The van der Waals surface area contributed by atoms with Gasteiger partial charge in [-0.15, -0.1) is 11.3 Å². The summed E-state index contributed by atoms with van der Waals surface area (Å²) < 4.78 is 0. The average Bonchev–Trinajstić information content (AvgIpc) is 2.77. The summed E-state index contributed by atoms with van der Waals surface area (Å²) >= 11 is 1.84. The quantitative estimate of drug-likeness (QED) is 0.918. The Morgan fingerprint density at radius 1 is 1.37 bits per heavy atom. The van der Waals surface area contributed by atoms with Gasteiger partial charge >= 0.3 is 0 Å². The van der Waals surface area contributed by atoms with Crippen molar-refractivity contribution in [2.24, 2.45) is 0 Å². The summed E-state index contributed by atoms with van der Waals surface area (Å²) in [4.78, 5) is 10.8. The van der Waals surface area contributed by atoms with Gasteiger partial charge in [-0.1, -0.05) is 0 Å². The molecule has 4 nitrogen and oxygen atoms in total. The predicted octanol–water partition coefficient (Wildman–Crippen LogP) is 1.95. The van der Waals surface area contributed by atoms with Crippen LogP contribution in [0.25, 0.3) is 0 Å². The maximum absolute atomic E-state index is 4.64. The third-order valence-corrected chi connectivity index (χ3v) is 4.60. The molecule has 1 atom stereocenters. The smallest absolute Gasteiger partial charge is 0.111 e. The zero-order chi connectivity index (χ0) is 14.0. The highest BCUT2D eigenvalue weighted by Crippen LogP contribution is 2.27. The molecule has 1 aliphatic heterocycles. The molecule has 0 aliphatic carbocycles. The molecule has 108 valence electrons. The first-order valence-electron chi connectivity index (χ1n) is 6.93. The third kappa shape index (κ3) is 4.24. The highest BCUT2D eigenvalue weighted by atomic mass is 32.1. The molecule has 0 radical (unpaired) electrons. The first-order chi connectivity index (χ1) is 8.85. The number of rotatable bonds is 3. The lowest BCUT2D eigenvalue weighted by atomic mass is 10.1.